The summed E-state index contributed by atoms with van der Waals surface area (Å²) in [6.45, 7) is 5.72. The summed E-state index contributed by atoms with van der Waals surface area (Å²) < 4.78 is 5.39. The quantitative estimate of drug-likeness (QED) is 0.831. The van der Waals surface area contributed by atoms with E-state index < -0.39 is 12.1 Å². The second kappa shape index (κ2) is 7.11. The minimum Gasteiger partial charge on any atom is -0.481 e. The van der Waals surface area contributed by atoms with E-state index in [1.165, 1.54) is 6.42 Å². The van der Waals surface area contributed by atoms with Crippen LogP contribution in [0.15, 0.2) is 0 Å². The van der Waals surface area contributed by atoms with Crippen molar-refractivity contribution in [2.75, 3.05) is 19.7 Å². The van der Waals surface area contributed by atoms with Gasteiger partial charge in [-0.05, 0) is 18.3 Å². The molecule has 21 heavy (non-hydrogen) atoms. The van der Waals surface area contributed by atoms with Crippen molar-refractivity contribution in [2.45, 2.75) is 51.7 Å². The van der Waals surface area contributed by atoms with Gasteiger partial charge >= 0.3 is 12.0 Å². The zero-order valence-electron chi connectivity index (χ0n) is 12.9. The molecule has 1 aliphatic heterocycles. The van der Waals surface area contributed by atoms with Crippen LogP contribution in [-0.2, 0) is 9.53 Å². The van der Waals surface area contributed by atoms with E-state index in [1.54, 1.807) is 4.90 Å². The molecule has 6 nitrogen and oxygen atoms in total. The average molecular weight is 298 g/mol. The molecule has 1 saturated heterocycles. The monoisotopic (exact) mass is 298 g/mol. The minimum atomic E-state index is -0.892. The predicted octanol–water partition coefficient (Wildman–Crippen LogP) is 1.70. The van der Waals surface area contributed by atoms with Gasteiger partial charge in [0.05, 0.1) is 19.1 Å². The molecular weight excluding hydrogens is 272 g/mol. The summed E-state index contributed by atoms with van der Waals surface area (Å²) in [4.78, 5) is 24.8. The van der Waals surface area contributed by atoms with Gasteiger partial charge in [0, 0.05) is 19.1 Å². The highest BCUT2D eigenvalue weighted by Gasteiger charge is 2.31. The molecule has 0 aromatic heterocycles. The molecule has 6 heteroatoms. The van der Waals surface area contributed by atoms with E-state index in [2.05, 4.69) is 19.2 Å². The molecule has 2 rings (SSSR count). The fraction of sp³-hybridized carbons (Fsp3) is 0.867. The van der Waals surface area contributed by atoms with Crippen molar-refractivity contribution < 1.29 is 19.4 Å². The number of carbonyl (C=O) groups excluding carboxylic acids is 1. The van der Waals surface area contributed by atoms with Gasteiger partial charge in [0.25, 0.3) is 0 Å². The van der Waals surface area contributed by atoms with Crippen molar-refractivity contribution in [3.05, 3.63) is 0 Å². The second-order valence-electron chi connectivity index (χ2n) is 6.36. The molecule has 120 valence electrons. The second-order valence-corrected chi connectivity index (χ2v) is 6.36. The maximum absolute atomic E-state index is 12.4. The molecule has 4 atom stereocenters. The highest BCUT2D eigenvalue weighted by Crippen LogP contribution is 2.29. The Labute approximate surface area is 125 Å². The summed E-state index contributed by atoms with van der Waals surface area (Å²) in [7, 11) is 0. The molecule has 0 radical (unpaired) electrons. The molecule has 2 fully saturated rings. The molecule has 4 unspecified atom stereocenters. The van der Waals surface area contributed by atoms with Crippen molar-refractivity contribution in [3.63, 3.8) is 0 Å². The topological polar surface area (TPSA) is 78.9 Å². The lowest BCUT2D eigenvalue weighted by atomic mass is 9.78. The van der Waals surface area contributed by atoms with Gasteiger partial charge in [0.2, 0.25) is 0 Å². The third kappa shape index (κ3) is 4.33. The van der Waals surface area contributed by atoms with Crippen molar-refractivity contribution in [3.8, 4) is 0 Å². The minimum absolute atomic E-state index is 0.0549. The summed E-state index contributed by atoms with van der Waals surface area (Å²) in [6.07, 6.45) is 2.96. The van der Waals surface area contributed by atoms with E-state index in [9.17, 15) is 9.59 Å². The Balaban J connectivity index is 1.86. The average Bonchev–Trinajstić information content (AvgIpc) is 2.43. The molecule has 1 saturated carbocycles. The summed E-state index contributed by atoms with van der Waals surface area (Å²) >= 11 is 0. The first-order valence-corrected chi connectivity index (χ1v) is 7.86. The van der Waals surface area contributed by atoms with E-state index in [4.69, 9.17) is 9.84 Å². The van der Waals surface area contributed by atoms with Gasteiger partial charge in [0.1, 0.15) is 0 Å². The molecule has 2 N–H and O–H groups in total. The van der Waals surface area contributed by atoms with Crippen LogP contribution in [0.4, 0.5) is 4.79 Å². The number of hydrogen-bond donors (Lipinski definition) is 2. The number of amides is 2. The van der Waals surface area contributed by atoms with Gasteiger partial charge in [-0.2, -0.15) is 0 Å². The van der Waals surface area contributed by atoms with Crippen LogP contribution >= 0.6 is 0 Å². The summed E-state index contributed by atoms with van der Waals surface area (Å²) in [5.41, 5.74) is 0. The summed E-state index contributed by atoms with van der Waals surface area (Å²) in [5, 5.41) is 11.9. The molecule has 0 aromatic rings. The fourth-order valence-electron chi connectivity index (χ4n) is 3.26. The maximum atomic E-state index is 12.4. The van der Waals surface area contributed by atoms with E-state index in [0.29, 0.717) is 31.5 Å². The molecular formula is C15H26N2O4. The SMILES string of the molecule is CC1CCCC(NC(=O)N2CCOC(CC(=O)O)C2)C1C. The number of urea groups is 1. The highest BCUT2D eigenvalue weighted by molar-refractivity contribution is 5.75. The van der Waals surface area contributed by atoms with E-state index in [1.807, 2.05) is 0 Å². The standard InChI is InChI=1S/C15H26N2O4/c1-10-4-3-5-13(11(10)2)16-15(20)17-6-7-21-12(9-17)8-14(18)19/h10-13H,3-9H2,1-2H3,(H,16,20)(H,18,19). The van der Waals surface area contributed by atoms with Crippen LogP contribution < -0.4 is 5.32 Å². The smallest absolute Gasteiger partial charge is 0.317 e. The molecule has 0 aromatic carbocycles. The van der Waals surface area contributed by atoms with Crippen molar-refractivity contribution >= 4 is 12.0 Å². The lowest BCUT2D eigenvalue weighted by Gasteiger charge is -2.38. The van der Waals surface area contributed by atoms with Gasteiger partial charge in [-0.3, -0.25) is 4.79 Å². The molecule has 2 amide bonds. The Morgan fingerprint density at radius 3 is 2.81 bits per heavy atom. The normalized spacial score (nSPS) is 33.5. The van der Waals surface area contributed by atoms with Gasteiger partial charge < -0.3 is 20.1 Å². The third-order valence-electron chi connectivity index (χ3n) is 4.84. The number of rotatable bonds is 3. The van der Waals surface area contributed by atoms with Gasteiger partial charge in [-0.15, -0.1) is 0 Å². The van der Waals surface area contributed by atoms with Gasteiger partial charge in [-0.25, -0.2) is 4.79 Å². The largest absolute Gasteiger partial charge is 0.481 e. The predicted molar refractivity (Wildman–Crippen MR) is 78.1 cm³/mol. The fourth-order valence-corrected chi connectivity index (χ4v) is 3.26. The third-order valence-corrected chi connectivity index (χ3v) is 4.84. The van der Waals surface area contributed by atoms with Gasteiger partial charge in [0.15, 0.2) is 0 Å². The van der Waals surface area contributed by atoms with Crippen LogP contribution in [0.5, 0.6) is 0 Å². The number of carbonyl (C=O) groups is 2. The number of hydrogen-bond acceptors (Lipinski definition) is 3. The van der Waals surface area contributed by atoms with Crippen LogP contribution in [0.3, 0.4) is 0 Å². The van der Waals surface area contributed by atoms with Crippen molar-refractivity contribution in [1.29, 1.82) is 0 Å². The Morgan fingerprint density at radius 2 is 2.10 bits per heavy atom. The van der Waals surface area contributed by atoms with Crippen LogP contribution in [0, 0.1) is 11.8 Å². The first-order valence-electron chi connectivity index (χ1n) is 7.86. The van der Waals surface area contributed by atoms with Gasteiger partial charge in [-0.1, -0.05) is 26.7 Å². The Kier molecular flexibility index (Phi) is 5.45. The highest BCUT2D eigenvalue weighted by atomic mass is 16.5. The van der Waals surface area contributed by atoms with E-state index in [-0.39, 0.29) is 18.5 Å². The lowest BCUT2D eigenvalue weighted by Crippen LogP contribution is -2.54. The molecule has 0 bridgehead atoms. The number of ether oxygens (including phenoxy) is 1. The Hall–Kier alpha value is -1.30. The molecule has 1 aliphatic carbocycles. The Morgan fingerprint density at radius 1 is 1.33 bits per heavy atom. The molecule has 1 heterocycles. The van der Waals surface area contributed by atoms with Crippen LogP contribution in [0.1, 0.15) is 39.5 Å². The van der Waals surface area contributed by atoms with E-state index in [0.717, 1.165) is 12.8 Å². The zero-order valence-corrected chi connectivity index (χ0v) is 12.9. The number of nitrogens with zero attached hydrogens (tertiary/aromatic N) is 1. The van der Waals surface area contributed by atoms with Crippen molar-refractivity contribution in [1.82, 2.24) is 10.2 Å². The number of nitrogens with one attached hydrogen (secondary N) is 1. The Bertz CT molecular complexity index is 388. The number of morpholine rings is 1. The van der Waals surface area contributed by atoms with Crippen LogP contribution in [-0.4, -0.2) is 53.8 Å². The first-order chi connectivity index (χ1) is 9.97. The first kappa shape index (κ1) is 16.1. The maximum Gasteiger partial charge on any atom is 0.317 e. The van der Waals surface area contributed by atoms with Crippen LogP contribution in [0.25, 0.3) is 0 Å². The lowest BCUT2D eigenvalue weighted by molar-refractivity contribution is -0.141. The number of carboxylic acid groups (broad SMARTS) is 1. The zero-order chi connectivity index (χ0) is 15.4. The van der Waals surface area contributed by atoms with Crippen LogP contribution in [0.2, 0.25) is 0 Å². The molecule has 2 aliphatic rings. The summed E-state index contributed by atoms with van der Waals surface area (Å²) in [6, 6.07) is 0.140. The number of carboxylic acids is 1. The molecule has 0 spiro atoms. The summed E-state index contributed by atoms with van der Waals surface area (Å²) in [5.74, 6) is 0.226. The number of aliphatic carboxylic acids is 1. The van der Waals surface area contributed by atoms with Crippen molar-refractivity contribution in [2.24, 2.45) is 11.8 Å². The van der Waals surface area contributed by atoms with E-state index >= 15 is 0 Å².